The molecule has 0 bridgehead atoms. The minimum absolute atomic E-state index is 0.0221. The van der Waals surface area contributed by atoms with E-state index in [-0.39, 0.29) is 11.7 Å². The van der Waals surface area contributed by atoms with Crippen LogP contribution in [0.4, 0.5) is 0 Å². The van der Waals surface area contributed by atoms with Crippen LogP contribution in [0, 0.1) is 5.92 Å². The molecule has 0 heterocycles. The van der Waals surface area contributed by atoms with Gasteiger partial charge in [0.05, 0.1) is 5.75 Å². The van der Waals surface area contributed by atoms with Gasteiger partial charge in [0.1, 0.15) is 0 Å². The van der Waals surface area contributed by atoms with E-state index in [0.29, 0.717) is 6.42 Å². The number of unbranched alkanes of at least 4 members (excludes halogenated alkanes) is 2. The normalized spacial score (nSPS) is 18.7. The molecule has 1 fully saturated rings. The molecule has 1 N–H and O–H groups in total. The molecule has 0 saturated heterocycles. The smallest absolute Gasteiger partial charge is 0.322 e. The van der Waals surface area contributed by atoms with E-state index < -0.39 is 21.1 Å². The Kier molecular flexibility index (Phi) is 4.13. The molecule has 1 atom stereocenters. The molecule has 1 rings (SSSR count). The van der Waals surface area contributed by atoms with Gasteiger partial charge < -0.3 is 5.11 Å². The highest BCUT2D eigenvalue weighted by molar-refractivity contribution is 7.92. The summed E-state index contributed by atoms with van der Waals surface area (Å²) in [5.41, 5.74) is 0. The van der Waals surface area contributed by atoms with Crippen LogP contribution in [0.2, 0.25) is 0 Å². The molecular weight excluding hydrogens is 216 g/mol. The van der Waals surface area contributed by atoms with E-state index in [9.17, 15) is 13.2 Å². The van der Waals surface area contributed by atoms with E-state index in [2.05, 4.69) is 0 Å². The van der Waals surface area contributed by atoms with Gasteiger partial charge in [0.2, 0.25) is 0 Å². The largest absolute Gasteiger partial charge is 0.480 e. The molecular formula is C10H18O4S. The summed E-state index contributed by atoms with van der Waals surface area (Å²) < 4.78 is 23.5. The number of hydrogen-bond donors (Lipinski definition) is 1. The third-order valence-electron chi connectivity index (χ3n) is 2.71. The van der Waals surface area contributed by atoms with Crippen LogP contribution in [0.3, 0.4) is 0 Å². The quantitative estimate of drug-likeness (QED) is 0.677. The molecule has 5 heteroatoms. The number of rotatable bonds is 7. The summed E-state index contributed by atoms with van der Waals surface area (Å²) in [5, 5.41) is 7.75. The first kappa shape index (κ1) is 12.5. The first-order chi connectivity index (χ1) is 6.99. The number of sulfone groups is 1. The molecule has 0 spiro atoms. The van der Waals surface area contributed by atoms with Crippen molar-refractivity contribution >= 4 is 15.8 Å². The molecule has 0 aromatic heterocycles. The Balaban J connectivity index is 2.60. The molecule has 4 nitrogen and oxygen atoms in total. The van der Waals surface area contributed by atoms with Crippen molar-refractivity contribution in [2.24, 2.45) is 5.92 Å². The maximum atomic E-state index is 11.7. The number of carbonyl (C=O) groups is 1. The van der Waals surface area contributed by atoms with Gasteiger partial charge in [-0.05, 0) is 25.2 Å². The van der Waals surface area contributed by atoms with Crippen molar-refractivity contribution in [3.63, 3.8) is 0 Å². The van der Waals surface area contributed by atoms with Crippen molar-refractivity contribution in [1.82, 2.24) is 0 Å². The zero-order valence-electron chi connectivity index (χ0n) is 8.98. The maximum absolute atomic E-state index is 11.7. The zero-order chi connectivity index (χ0) is 11.5. The van der Waals surface area contributed by atoms with Crippen molar-refractivity contribution in [2.45, 2.75) is 44.3 Å². The van der Waals surface area contributed by atoms with Gasteiger partial charge >= 0.3 is 5.97 Å². The molecule has 0 amide bonds. The van der Waals surface area contributed by atoms with Crippen molar-refractivity contribution in [3.05, 3.63) is 0 Å². The van der Waals surface area contributed by atoms with Crippen LogP contribution < -0.4 is 0 Å². The first-order valence-corrected chi connectivity index (χ1v) is 7.15. The molecule has 0 radical (unpaired) electrons. The Hall–Kier alpha value is -0.580. The summed E-state index contributed by atoms with van der Waals surface area (Å²) in [6.07, 6.45) is 3.84. The monoisotopic (exact) mass is 234 g/mol. The zero-order valence-corrected chi connectivity index (χ0v) is 9.79. The third kappa shape index (κ3) is 3.48. The van der Waals surface area contributed by atoms with E-state index in [1.165, 1.54) is 0 Å². The van der Waals surface area contributed by atoms with Gasteiger partial charge in [-0.15, -0.1) is 0 Å². The summed E-state index contributed by atoms with van der Waals surface area (Å²) in [4.78, 5) is 10.9. The van der Waals surface area contributed by atoms with E-state index >= 15 is 0 Å². The summed E-state index contributed by atoms with van der Waals surface area (Å²) in [7, 11) is -3.43. The van der Waals surface area contributed by atoms with Crippen molar-refractivity contribution in [1.29, 1.82) is 0 Å². The molecule has 0 aliphatic heterocycles. The fourth-order valence-corrected chi connectivity index (χ4v) is 3.75. The minimum atomic E-state index is -3.43. The fraction of sp³-hybridized carbons (Fsp3) is 0.900. The molecule has 0 aromatic rings. The van der Waals surface area contributed by atoms with Gasteiger partial charge in [-0.25, -0.2) is 8.42 Å². The number of aliphatic carboxylic acids is 1. The molecule has 1 aliphatic carbocycles. The SMILES string of the molecule is CCCCCS(=O)(=O)C(C(=O)O)C1CC1. The second kappa shape index (κ2) is 4.96. The second-order valence-electron chi connectivity index (χ2n) is 4.17. The Morgan fingerprint density at radius 2 is 2.00 bits per heavy atom. The lowest BCUT2D eigenvalue weighted by Gasteiger charge is -2.11. The molecule has 1 aliphatic rings. The van der Waals surface area contributed by atoms with Gasteiger partial charge in [-0.3, -0.25) is 4.79 Å². The van der Waals surface area contributed by atoms with E-state index in [1.54, 1.807) is 0 Å². The van der Waals surface area contributed by atoms with Gasteiger partial charge in [0, 0.05) is 0 Å². The summed E-state index contributed by atoms with van der Waals surface area (Å²) >= 11 is 0. The Labute approximate surface area is 90.6 Å². The maximum Gasteiger partial charge on any atom is 0.322 e. The molecule has 1 unspecified atom stereocenters. The lowest BCUT2D eigenvalue weighted by atomic mass is 10.3. The highest BCUT2D eigenvalue weighted by Gasteiger charge is 2.44. The Morgan fingerprint density at radius 1 is 1.40 bits per heavy atom. The predicted octanol–water partition coefficient (Wildman–Crippen LogP) is 1.45. The topological polar surface area (TPSA) is 71.4 Å². The molecule has 0 aromatic carbocycles. The van der Waals surface area contributed by atoms with Crippen LogP contribution in [0.25, 0.3) is 0 Å². The van der Waals surface area contributed by atoms with Crippen LogP contribution in [0.1, 0.15) is 39.0 Å². The second-order valence-corrected chi connectivity index (χ2v) is 6.41. The standard InChI is InChI=1S/C10H18O4S/c1-2-3-4-7-15(13,14)9(10(11)12)8-5-6-8/h8-9H,2-7H2,1H3,(H,11,12). The number of carboxylic acids is 1. The minimum Gasteiger partial charge on any atom is -0.480 e. The van der Waals surface area contributed by atoms with Crippen molar-refractivity contribution in [3.8, 4) is 0 Å². The summed E-state index contributed by atoms with van der Waals surface area (Å²) in [5.74, 6) is -1.28. The van der Waals surface area contributed by atoms with Crippen molar-refractivity contribution in [2.75, 3.05) is 5.75 Å². The average Bonchev–Trinajstić information content (AvgIpc) is 2.87. The van der Waals surface area contributed by atoms with Crippen LogP contribution in [0.15, 0.2) is 0 Å². The highest BCUT2D eigenvalue weighted by atomic mass is 32.2. The highest BCUT2D eigenvalue weighted by Crippen LogP contribution is 2.36. The van der Waals surface area contributed by atoms with Gasteiger partial charge in [0.25, 0.3) is 0 Å². The van der Waals surface area contributed by atoms with Crippen LogP contribution in [0.5, 0.6) is 0 Å². The lowest BCUT2D eigenvalue weighted by molar-refractivity contribution is -0.136. The lowest BCUT2D eigenvalue weighted by Crippen LogP contribution is -2.34. The summed E-state index contributed by atoms with van der Waals surface area (Å²) in [6, 6.07) is 0. The number of carboxylic acid groups (broad SMARTS) is 1. The fourth-order valence-electron chi connectivity index (χ4n) is 1.73. The molecule has 15 heavy (non-hydrogen) atoms. The van der Waals surface area contributed by atoms with Gasteiger partial charge in [-0.1, -0.05) is 19.8 Å². The van der Waals surface area contributed by atoms with Crippen LogP contribution in [-0.2, 0) is 14.6 Å². The Bertz CT molecular complexity index is 316. The van der Waals surface area contributed by atoms with Gasteiger partial charge in [0.15, 0.2) is 15.1 Å². The molecule has 1 saturated carbocycles. The average molecular weight is 234 g/mol. The van der Waals surface area contributed by atoms with Gasteiger partial charge in [-0.2, -0.15) is 0 Å². The number of hydrogen-bond acceptors (Lipinski definition) is 3. The molecule has 88 valence electrons. The van der Waals surface area contributed by atoms with Crippen LogP contribution >= 0.6 is 0 Å². The third-order valence-corrected chi connectivity index (χ3v) is 4.93. The first-order valence-electron chi connectivity index (χ1n) is 5.43. The van der Waals surface area contributed by atoms with Crippen molar-refractivity contribution < 1.29 is 18.3 Å². The van der Waals surface area contributed by atoms with Crippen LogP contribution in [-0.4, -0.2) is 30.5 Å². The predicted molar refractivity (Wildman–Crippen MR) is 57.5 cm³/mol. The van der Waals surface area contributed by atoms with E-state index in [0.717, 1.165) is 25.7 Å². The summed E-state index contributed by atoms with van der Waals surface area (Å²) in [6.45, 7) is 1.99. The van der Waals surface area contributed by atoms with E-state index in [1.807, 2.05) is 6.92 Å². The Morgan fingerprint density at radius 3 is 2.40 bits per heavy atom. The van der Waals surface area contributed by atoms with E-state index in [4.69, 9.17) is 5.11 Å².